The van der Waals surface area contributed by atoms with E-state index in [1.165, 1.54) is 11.3 Å². The van der Waals surface area contributed by atoms with Crippen molar-refractivity contribution in [1.82, 2.24) is 15.6 Å². The second-order valence-corrected chi connectivity index (χ2v) is 5.49. The lowest BCUT2D eigenvalue weighted by Crippen LogP contribution is -2.29. The quantitative estimate of drug-likeness (QED) is 0.177. The van der Waals surface area contributed by atoms with Crippen LogP contribution < -0.4 is 22.1 Å². The Balaban J connectivity index is 2.02. The number of rotatable bonds is 9. The van der Waals surface area contributed by atoms with E-state index in [1.54, 1.807) is 17.5 Å². The molecule has 0 radical (unpaired) electrons. The van der Waals surface area contributed by atoms with Crippen LogP contribution in [0.25, 0.3) is 11.5 Å². The van der Waals surface area contributed by atoms with Gasteiger partial charge >= 0.3 is 0 Å². The molecule has 12 heteroatoms. The number of aliphatic hydroxyl groups is 1. The number of aliphatic hydroxyl groups excluding tert-OH is 1. The molecule has 0 amide bonds. The highest BCUT2D eigenvalue weighted by Crippen LogP contribution is 2.27. The van der Waals surface area contributed by atoms with Crippen LogP contribution >= 0.6 is 11.3 Å². The van der Waals surface area contributed by atoms with E-state index in [2.05, 4.69) is 20.6 Å². The van der Waals surface area contributed by atoms with Crippen LogP contribution in [-0.2, 0) is 6.54 Å². The molecular formula is C13H17N7O4S. The second kappa shape index (κ2) is 8.65. The Bertz CT molecular complexity index is 779. The molecule has 0 aliphatic heterocycles. The minimum absolute atomic E-state index is 0.0780. The van der Waals surface area contributed by atoms with Crippen molar-refractivity contribution >= 4 is 22.4 Å². The second-order valence-electron chi connectivity index (χ2n) is 4.65. The van der Waals surface area contributed by atoms with Crippen LogP contribution in [0.5, 0.6) is 0 Å². The molecule has 0 saturated carbocycles. The van der Waals surface area contributed by atoms with Gasteiger partial charge in [-0.2, -0.15) is 4.99 Å². The third-order valence-corrected chi connectivity index (χ3v) is 3.48. The van der Waals surface area contributed by atoms with Crippen LogP contribution in [0, 0.1) is 10.1 Å². The predicted octanol–water partition coefficient (Wildman–Crippen LogP) is 0.0551. The van der Waals surface area contributed by atoms with Gasteiger partial charge in [-0.15, -0.1) is 11.3 Å². The maximum absolute atomic E-state index is 10.6. The first-order valence-electron chi connectivity index (χ1n) is 7.06. The zero-order valence-corrected chi connectivity index (χ0v) is 13.8. The standard InChI is InChI=1S/C13H17N7O4S/c14-12(15)19-13-18-9(7-25-13)10-2-1-8(24-10)5-17-11(6-20(22)23)16-3-4-21/h1-2,6-7,16-17,21H,3-5H2,(H4,14,15,18,19). The Labute approximate surface area is 146 Å². The van der Waals surface area contributed by atoms with E-state index >= 15 is 0 Å². The average molecular weight is 367 g/mol. The van der Waals surface area contributed by atoms with E-state index < -0.39 is 4.92 Å². The van der Waals surface area contributed by atoms with Gasteiger partial charge in [-0.25, -0.2) is 4.98 Å². The number of nitrogens with zero attached hydrogens (tertiary/aromatic N) is 3. The van der Waals surface area contributed by atoms with Crippen LogP contribution in [0.4, 0.5) is 5.13 Å². The van der Waals surface area contributed by atoms with Gasteiger partial charge in [0.1, 0.15) is 11.5 Å². The minimum Gasteiger partial charge on any atom is -0.458 e. The maximum atomic E-state index is 10.6. The highest BCUT2D eigenvalue weighted by molar-refractivity contribution is 7.13. The van der Waals surface area contributed by atoms with Crippen molar-refractivity contribution in [3.05, 3.63) is 45.4 Å². The zero-order chi connectivity index (χ0) is 18.2. The zero-order valence-electron chi connectivity index (χ0n) is 13.0. The Kier molecular flexibility index (Phi) is 6.31. The van der Waals surface area contributed by atoms with Gasteiger partial charge in [0.05, 0.1) is 18.1 Å². The molecule has 0 saturated heterocycles. The van der Waals surface area contributed by atoms with Crippen LogP contribution in [0.3, 0.4) is 0 Å². The Hall–Kier alpha value is -3.12. The van der Waals surface area contributed by atoms with Gasteiger partial charge in [-0.3, -0.25) is 10.1 Å². The van der Waals surface area contributed by atoms with E-state index in [-0.39, 0.29) is 31.5 Å². The van der Waals surface area contributed by atoms with Crippen molar-refractivity contribution in [2.24, 2.45) is 16.5 Å². The Morgan fingerprint density at radius 1 is 1.48 bits per heavy atom. The lowest BCUT2D eigenvalue weighted by atomic mass is 10.3. The van der Waals surface area contributed by atoms with E-state index in [0.717, 1.165) is 6.20 Å². The van der Waals surface area contributed by atoms with Gasteiger partial charge in [-0.1, -0.05) is 0 Å². The summed E-state index contributed by atoms with van der Waals surface area (Å²) in [5, 5.41) is 27.1. The first-order valence-corrected chi connectivity index (χ1v) is 7.94. The van der Waals surface area contributed by atoms with Crippen LogP contribution in [0.2, 0.25) is 0 Å². The van der Waals surface area contributed by atoms with Crippen molar-refractivity contribution in [3.8, 4) is 11.5 Å². The predicted molar refractivity (Wildman–Crippen MR) is 92.3 cm³/mol. The first kappa shape index (κ1) is 18.2. The molecule has 0 aliphatic rings. The number of guanidine groups is 1. The largest absolute Gasteiger partial charge is 0.458 e. The minimum atomic E-state index is -0.596. The summed E-state index contributed by atoms with van der Waals surface area (Å²) in [6.45, 7) is 0.245. The summed E-state index contributed by atoms with van der Waals surface area (Å²) in [7, 11) is 0. The summed E-state index contributed by atoms with van der Waals surface area (Å²) >= 11 is 1.26. The Morgan fingerprint density at radius 3 is 2.96 bits per heavy atom. The van der Waals surface area contributed by atoms with Crippen LogP contribution in [0.1, 0.15) is 5.76 Å². The van der Waals surface area contributed by atoms with Gasteiger partial charge in [0, 0.05) is 11.9 Å². The SMILES string of the molecule is NC(N)=Nc1nc(-c2ccc(CNC(=C[N+](=O)[O-])NCCO)o2)cs1. The van der Waals surface area contributed by atoms with Crippen molar-refractivity contribution in [1.29, 1.82) is 0 Å². The Morgan fingerprint density at radius 2 is 2.28 bits per heavy atom. The molecule has 7 N–H and O–H groups in total. The van der Waals surface area contributed by atoms with Crippen molar-refractivity contribution in [2.45, 2.75) is 6.54 Å². The van der Waals surface area contributed by atoms with E-state index in [0.29, 0.717) is 22.3 Å². The van der Waals surface area contributed by atoms with Crippen LogP contribution in [0.15, 0.2) is 38.9 Å². The molecule has 2 heterocycles. The van der Waals surface area contributed by atoms with Gasteiger partial charge < -0.3 is 31.6 Å². The molecule has 134 valence electrons. The third kappa shape index (κ3) is 5.78. The summed E-state index contributed by atoms with van der Waals surface area (Å²) in [5.41, 5.74) is 11.2. The number of thiazole rings is 1. The number of aromatic nitrogens is 1. The molecular weight excluding hydrogens is 350 g/mol. The summed E-state index contributed by atoms with van der Waals surface area (Å²) < 4.78 is 5.64. The lowest BCUT2D eigenvalue weighted by Gasteiger charge is -2.08. The molecule has 0 unspecified atom stereocenters. The van der Waals surface area contributed by atoms with Gasteiger partial charge in [0.25, 0.3) is 6.20 Å². The number of furan rings is 1. The van der Waals surface area contributed by atoms with E-state index in [4.69, 9.17) is 21.0 Å². The third-order valence-electron chi connectivity index (χ3n) is 2.75. The number of nitro groups is 1. The average Bonchev–Trinajstić information content (AvgIpc) is 3.18. The summed E-state index contributed by atoms with van der Waals surface area (Å²) in [6.07, 6.45) is 0.779. The van der Waals surface area contributed by atoms with E-state index in [9.17, 15) is 10.1 Å². The van der Waals surface area contributed by atoms with Crippen LogP contribution in [-0.4, -0.2) is 34.1 Å². The number of aliphatic imine (C=N–C) groups is 1. The topological polar surface area (TPSA) is 178 Å². The fraction of sp³-hybridized carbons (Fsp3) is 0.231. The number of nitrogens with one attached hydrogen (secondary N) is 2. The molecule has 0 aliphatic carbocycles. The fourth-order valence-electron chi connectivity index (χ4n) is 1.78. The molecule has 2 aromatic rings. The number of hydrogen-bond donors (Lipinski definition) is 5. The summed E-state index contributed by atoms with van der Waals surface area (Å²) in [6, 6.07) is 3.45. The number of nitrogens with two attached hydrogens (primary N) is 2. The molecule has 0 bridgehead atoms. The lowest BCUT2D eigenvalue weighted by molar-refractivity contribution is -0.404. The normalized spacial score (nSPS) is 11.2. The molecule has 0 spiro atoms. The summed E-state index contributed by atoms with van der Waals surface area (Å²) in [4.78, 5) is 18.1. The van der Waals surface area contributed by atoms with Gasteiger partial charge in [-0.05, 0) is 12.1 Å². The first-order chi connectivity index (χ1) is 12.0. The van der Waals surface area contributed by atoms with Gasteiger partial charge in [0.2, 0.25) is 5.13 Å². The van der Waals surface area contributed by atoms with E-state index in [1.807, 2.05) is 0 Å². The maximum Gasteiger partial charge on any atom is 0.274 e. The van der Waals surface area contributed by atoms with Crippen molar-refractivity contribution in [3.63, 3.8) is 0 Å². The molecule has 2 aromatic heterocycles. The highest BCUT2D eigenvalue weighted by Gasteiger charge is 2.10. The molecule has 11 nitrogen and oxygen atoms in total. The summed E-state index contributed by atoms with van der Waals surface area (Å²) in [5.74, 6) is 1.16. The molecule has 2 rings (SSSR count). The van der Waals surface area contributed by atoms with Gasteiger partial charge in [0.15, 0.2) is 17.5 Å². The molecule has 0 fully saturated rings. The molecule has 0 aromatic carbocycles. The van der Waals surface area contributed by atoms with Crippen molar-refractivity contribution < 1.29 is 14.4 Å². The van der Waals surface area contributed by atoms with Crippen molar-refractivity contribution in [2.75, 3.05) is 13.2 Å². The smallest absolute Gasteiger partial charge is 0.274 e. The monoisotopic (exact) mass is 367 g/mol. The molecule has 0 atom stereocenters. The highest BCUT2D eigenvalue weighted by atomic mass is 32.1. The molecule has 25 heavy (non-hydrogen) atoms. The fourth-order valence-corrected chi connectivity index (χ4v) is 2.48. The number of hydrogen-bond acceptors (Lipinski definition) is 9.